The van der Waals surface area contributed by atoms with E-state index in [0.717, 1.165) is 16.8 Å². The molecule has 1 N–H and O–H groups in total. The van der Waals surface area contributed by atoms with E-state index in [1.165, 1.54) is 6.92 Å². The molecule has 0 aromatic heterocycles. The summed E-state index contributed by atoms with van der Waals surface area (Å²) >= 11 is 0. The van der Waals surface area contributed by atoms with E-state index in [1.807, 2.05) is 0 Å². The van der Waals surface area contributed by atoms with Crippen molar-refractivity contribution in [3.8, 4) is 0 Å². The van der Waals surface area contributed by atoms with Crippen molar-refractivity contribution in [2.75, 3.05) is 25.6 Å². The maximum absolute atomic E-state index is 11.8. The second-order valence-corrected chi connectivity index (χ2v) is 8.94. The molecule has 0 spiro atoms. The average Bonchev–Trinajstić information content (AvgIpc) is 2.30. The van der Waals surface area contributed by atoms with Crippen LogP contribution in [0.15, 0.2) is 12.2 Å². The van der Waals surface area contributed by atoms with Crippen LogP contribution in [0.4, 0.5) is 0 Å². The topological polar surface area (TPSA) is 110 Å². The first-order valence-electron chi connectivity index (χ1n) is 6.53. The Morgan fingerprint density at radius 1 is 1.23 bits per heavy atom. The number of hydrogen-bond donors (Lipinski definition) is 1. The highest BCUT2D eigenvalue weighted by Gasteiger charge is 2.29. The average molecular weight is 356 g/mol. The van der Waals surface area contributed by atoms with Crippen LogP contribution in [0.3, 0.4) is 0 Å². The largest absolute Gasteiger partial charge is 0.458 e. The van der Waals surface area contributed by atoms with Crippen LogP contribution in [0.5, 0.6) is 0 Å². The lowest BCUT2D eigenvalue weighted by atomic mass is 10.2. The second kappa shape index (κ2) is 8.04. The fraction of sp³-hybridized carbons (Fsp3) is 0.750. The first-order valence-corrected chi connectivity index (χ1v) is 10.3. The molecule has 0 aromatic carbocycles. The van der Waals surface area contributed by atoms with E-state index in [9.17, 15) is 21.6 Å². The molecule has 0 aromatic rings. The van der Waals surface area contributed by atoms with Gasteiger partial charge < -0.3 is 4.74 Å². The lowest BCUT2D eigenvalue weighted by Gasteiger charge is -2.30. The summed E-state index contributed by atoms with van der Waals surface area (Å²) in [5.41, 5.74) is 0.212. The van der Waals surface area contributed by atoms with E-state index in [1.54, 1.807) is 13.8 Å². The lowest BCUT2D eigenvalue weighted by Crippen LogP contribution is -2.48. The summed E-state index contributed by atoms with van der Waals surface area (Å²) < 4.78 is 54.2. The Labute approximate surface area is 132 Å². The maximum Gasteiger partial charge on any atom is 0.333 e. The molecular formula is C12H24N2O6S2. The van der Waals surface area contributed by atoms with Gasteiger partial charge >= 0.3 is 5.97 Å². The van der Waals surface area contributed by atoms with Crippen LogP contribution in [-0.4, -0.2) is 64.9 Å². The maximum atomic E-state index is 11.8. The summed E-state index contributed by atoms with van der Waals surface area (Å²) in [6.45, 7) is 7.95. The molecule has 22 heavy (non-hydrogen) atoms. The summed E-state index contributed by atoms with van der Waals surface area (Å²) in [6.07, 6.45) is 1.28. The standard InChI is InChI=1S/C12H24N2O6S2/c1-9(2)12(15)20-11(4)10(3)14(22(6,18)19)8-7-13-21(5,16)17/h10-11,13H,1,7-8H2,2-6H3. The van der Waals surface area contributed by atoms with Crippen LogP contribution in [0.25, 0.3) is 0 Å². The van der Waals surface area contributed by atoms with Crippen molar-refractivity contribution in [2.24, 2.45) is 0 Å². The van der Waals surface area contributed by atoms with Crippen molar-refractivity contribution in [2.45, 2.75) is 32.9 Å². The van der Waals surface area contributed by atoms with Gasteiger partial charge in [0, 0.05) is 18.7 Å². The number of hydrogen-bond acceptors (Lipinski definition) is 6. The number of carbonyl (C=O) groups excluding carboxylic acids is 1. The lowest BCUT2D eigenvalue weighted by molar-refractivity contribution is -0.145. The van der Waals surface area contributed by atoms with Gasteiger partial charge in [-0.05, 0) is 20.8 Å². The Bertz CT molecular complexity index is 612. The number of nitrogens with one attached hydrogen (secondary N) is 1. The van der Waals surface area contributed by atoms with E-state index < -0.39 is 38.2 Å². The fourth-order valence-corrected chi connectivity index (χ4v) is 3.28. The van der Waals surface area contributed by atoms with E-state index >= 15 is 0 Å². The number of rotatable bonds is 9. The minimum Gasteiger partial charge on any atom is -0.458 e. The van der Waals surface area contributed by atoms with E-state index in [0.29, 0.717) is 0 Å². The van der Waals surface area contributed by atoms with E-state index in [4.69, 9.17) is 4.74 Å². The molecule has 0 amide bonds. The summed E-state index contributed by atoms with van der Waals surface area (Å²) in [4.78, 5) is 11.5. The SMILES string of the molecule is C=C(C)C(=O)OC(C)C(C)N(CCNS(C)(=O)=O)S(C)(=O)=O. The smallest absolute Gasteiger partial charge is 0.333 e. The highest BCUT2D eigenvalue weighted by Crippen LogP contribution is 2.13. The van der Waals surface area contributed by atoms with Crippen LogP contribution < -0.4 is 4.72 Å². The Hall–Kier alpha value is -0.970. The number of sulfonamides is 2. The molecule has 0 radical (unpaired) electrons. The first-order chi connectivity index (χ1) is 9.75. The number of carbonyl (C=O) groups is 1. The van der Waals surface area contributed by atoms with Crippen molar-refractivity contribution in [3.05, 3.63) is 12.2 Å². The molecule has 0 aliphatic carbocycles. The predicted molar refractivity (Wildman–Crippen MR) is 84.2 cm³/mol. The minimum absolute atomic E-state index is 0.0674. The van der Waals surface area contributed by atoms with Gasteiger partial charge in [0.05, 0.1) is 18.6 Å². The highest BCUT2D eigenvalue weighted by molar-refractivity contribution is 7.88. The van der Waals surface area contributed by atoms with Crippen LogP contribution in [0.2, 0.25) is 0 Å². The van der Waals surface area contributed by atoms with Crippen LogP contribution >= 0.6 is 0 Å². The molecule has 8 nitrogen and oxygen atoms in total. The quantitative estimate of drug-likeness (QED) is 0.448. The number of ether oxygens (including phenoxy) is 1. The Morgan fingerprint density at radius 2 is 1.73 bits per heavy atom. The van der Waals surface area contributed by atoms with E-state index in [2.05, 4.69) is 11.3 Å². The molecule has 0 bridgehead atoms. The summed E-state index contributed by atoms with van der Waals surface area (Å²) in [5, 5.41) is 0. The summed E-state index contributed by atoms with van der Waals surface area (Å²) in [6, 6.07) is -0.653. The number of nitrogens with zero attached hydrogens (tertiary/aromatic N) is 1. The molecule has 0 heterocycles. The van der Waals surface area contributed by atoms with Crippen LogP contribution in [-0.2, 0) is 29.6 Å². The highest BCUT2D eigenvalue weighted by atomic mass is 32.2. The molecular weight excluding hydrogens is 332 g/mol. The van der Waals surface area contributed by atoms with Gasteiger partial charge in [0.15, 0.2) is 0 Å². The molecule has 0 fully saturated rings. The van der Waals surface area contributed by atoms with Crippen molar-refractivity contribution in [3.63, 3.8) is 0 Å². The van der Waals surface area contributed by atoms with Gasteiger partial charge in [0.25, 0.3) is 0 Å². The molecule has 10 heteroatoms. The third-order valence-corrected chi connectivity index (χ3v) is 4.99. The molecule has 2 atom stereocenters. The van der Waals surface area contributed by atoms with Gasteiger partial charge in [-0.3, -0.25) is 0 Å². The summed E-state index contributed by atoms with van der Waals surface area (Å²) in [7, 11) is -7.01. The number of esters is 1. The van der Waals surface area contributed by atoms with Gasteiger partial charge in [0.2, 0.25) is 20.0 Å². The van der Waals surface area contributed by atoms with Gasteiger partial charge in [-0.15, -0.1) is 0 Å². The molecule has 0 aliphatic rings. The summed E-state index contributed by atoms with van der Waals surface area (Å²) in [5.74, 6) is -0.609. The molecule has 0 saturated carbocycles. The normalized spacial score (nSPS) is 15.4. The van der Waals surface area contributed by atoms with E-state index in [-0.39, 0.29) is 18.7 Å². The first kappa shape index (κ1) is 21.0. The third-order valence-electron chi connectivity index (χ3n) is 2.90. The van der Waals surface area contributed by atoms with Crippen molar-refractivity contribution in [1.29, 1.82) is 0 Å². The molecule has 0 saturated heterocycles. The van der Waals surface area contributed by atoms with Gasteiger partial charge in [-0.1, -0.05) is 6.58 Å². The van der Waals surface area contributed by atoms with Crippen LogP contribution in [0.1, 0.15) is 20.8 Å². The predicted octanol–water partition coefficient (Wildman–Crippen LogP) is -0.306. The molecule has 130 valence electrons. The second-order valence-electron chi connectivity index (χ2n) is 5.17. The molecule has 0 rings (SSSR count). The monoisotopic (exact) mass is 356 g/mol. The minimum atomic E-state index is -3.60. The zero-order valence-corrected chi connectivity index (χ0v) is 15.1. The van der Waals surface area contributed by atoms with Crippen molar-refractivity contribution >= 4 is 26.0 Å². The third kappa shape index (κ3) is 7.87. The Kier molecular flexibility index (Phi) is 7.69. The molecule has 0 aliphatic heterocycles. The van der Waals surface area contributed by atoms with Gasteiger partial charge in [-0.2, -0.15) is 4.31 Å². The molecule has 2 unspecified atom stereocenters. The van der Waals surface area contributed by atoms with Gasteiger partial charge in [0.1, 0.15) is 6.10 Å². The zero-order valence-electron chi connectivity index (χ0n) is 13.5. The zero-order chi connectivity index (χ0) is 17.7. The fourth-order valence-electron chi connectivity index (χ4n) is 1.61. The van der Waals surface area contributed by atoms with Gasteiger partial charge in [-0.25, -0.2) is 26.4 Å². The Morgan fingerprint density at radius 3 is 2.09 bits per heavy atom. The van der Waals surface area contributed by atoms with Crippen LogP contribution in [0, 0.1) is 0 Å². The van der Waals surface area contributed by atoms with Crippen molar-refractivity contribution < 1.29 is 26.4 Å². The van der Waals surface area contributed by atoms with Crippen molar-refractivity contribution in [1.82, 2.24) is 9.03 Å². The Balaban J connectivity index is 4.96.